The van der Waals surface area contributed by atoms with E-state index in [1.807, 2.05) is 29.1 Å². The van der Waals surface area contributed by atoms with Gasteiger partial charge in [-0.2, -0.15) is 5.10 Å². The van der Waals surface area contributed by atoms with Gasteiger partial charge in [-0.3, -0.25) is 4.68 Å². The molecule has 84 valence electrons. The van der Waals surface area contributed by atoms with Crippen molar-refractivity contribution in [2.24, 2.45) is 0 Å². The third-order valence-corrected chi connectivity index (χ3v) is 4.08. The Morgan fingerprint density at radius 1 is 1.38 bits per heavy atom. The molecule has 2 N–H and O–H groups in total. The number of nitrogens with two attached hydrogens (primary N) is 1. The highest BCUT2D eigenvalue weighted by Gasteiger charge is 1.99. The molecule has 16 heavy (non-hydrogen) atoms. The molecule has 0 aliphatic carbocycles. The molecule has 0 bridgehead atoms. The monoisotopic (exact) mass is 297 g/mol. The lowest BCUT2D eigenvalue weighted by atomic mass is 10.4. The second-order valence-corrected chi connectivity index (χ2v) is 5.31. The summed E-state index contributed by atoms with van der Waals surface area (Å²) < 4.78 is 3.00. The molecule has 0 aliphatic rings. The quantitative estimate of drug-likeness (QED) is 0.882. The molecule has 1 aromatic carbocycles. The Bertz CT molecular complexity index is 470. The Morgan fingerprint density at radius 2 is 2.19 bits per heavy atom. The van der Waals surface area contributed by atoms with Crippen molar-refractivity contribution in [1.82, 2.24) is 9.78 Å². The van der Waals surface area contributed by atoms with Crippen molar-refractivity contribution in [2.75, 3.05) is 11.5 Å². The van der Waals surface area contributed by atoms with Gasteiger partial charge in [-0.15, -0.1) is 11.8 Å². The zero-order valence-corrected chi connectivity index (χ0v) is 11.0. The number of aryl methyl sites for hydroxylation is 1. The maximum absolute atomic E-state index is 5.59. The van der Waals surface area contributed by atoms with E-state index in [0.29, 0.717) is 5.69 Å². The fourth-order valence-electron chi connectivity index (χ4n) is 1.31. The molecule has 0 atom stereocenters. The summed E-state index contributed by atoms with van der Waals surface area (Å²) >= 11 is 5.33. The Labute approximate surface area is 107 Å². The summed E-state index contributed by atoms with van der Waals surface area (Å²) in [7, 11) is 0. The first kappa shape index (κ1) is 11.5. The van der Waals surface area contributed by atoms with Gasteiger partial charge in [-0.1, -0.05) is 12.1 Å². The minimum atomic E-state index is 0.714. The lowest BCUT2D eigenvalue weighted by molar-refractivity contribution is 0.666. The lowest BCUT2D eigenvalue weighted by Crippen LogP contribution is -2.00. The van der Waals surface area contributed by atoms with Crippen molar-refractivity contribution in [2.45, 2.75) is 11.4 Å². The van der Waals surface area contributed by atoms with Crippen LogP contribution in [-0.4, -0.2) is 15.5 Å². The van der Waals surface area contributed by atoms with E-state index < -0.39 is 0 Å². The van der Waals surface area contributed by atoms with Crippen LogP contribution in [0.25, 0.3) is 0 Å². The molecule has 0 amide bonds. The predicted octanol–water partition coefficient (Wildman–Crippen LogP) is 3.02. The van der Waals surface area contributed by atoms with Crippen LogP contribution in [-0.2, 0) is 6.54 Å². The van der Waals surface area contributed by atoms with Crippen LogP contribution >= 0.6 is 27.7 Å². The normalized spacial score (nSPS) is 10.6. The van der Waals surface area contributed by atoms with E-state index in [4.69, 9.17) is 5.73 Å². The molecule has 1 aromatic heterocycles. The predicted molar refractivity (Wildman–Crippen MR) is 71.5 cm³/mol. The van der Waals surface area contributed by atoms with Crippen LogP contribution in [0.15, 0.2) is 46.0 Å². The van der Waals surface area contributed by atoms with Gasteiger partial charge < -0.3 is 5.73 Å². The molecule has 0 radical (unpaired) electrons. The Morgan fingerprint density at radius 3 is 2.88 bits per heavy atom. The third kappa shape index (κ3) is 3.02. The Balaban J connectivity index is 1.87. The van der Waals surface area contributed by atoms with E-state index in [0.717, 1.165) is 16.8 Å². The number of nitrogen functional groups attached to an aromatic ring is 1. The number of thioether (sulfide) groups is 1. The number of benzene rings is 1. The average Bonchev–Trinajstić information content (AvgIpc) is 2.67. The summed E-state index contributed by atoms with van der Waals surface area (Å²) in [5.74, 6) is 0.976. The van der Waals surface area contributed by atoms with Crippen molar-refractivity contribution in [3.63, 3.8) is 0 Å². The molecule has 0 spiro atoms. The number of nitrogens with zero attached hydrogens (tertiary/aromatic N) is 2. The molecule has 3 nitrogen and oxygen atoms in total. The first-order valence-corrected chi connectivity index (χ1v) is 6.69. The summed E-state index contributed by atoms with van der Waals surface area (Å²) in [6, 6.07) is 8.21. The van der Waals surface area contributed by atoms with E-state index in [1.165, 1.54) is 4.90 Å². The zero-order chi connectivity index (χ0) is 11.4. The highest BCUT2D eigenvalue weighted by molar-refractivity contribution is 9.10. The van der Waals surface area contributed by atoms with Gasteiger partial charge in [0.1, 0.15) is 0 Å². The highest BCUT2D eigenvalue weighted by Crippen LogP contribution is 2.26. The lowest BCUT2D eigenvalue weighted by Gasteiger charge is -2.04. The van der Waals surface area contributed by atoms with Gasteiger partial charge in [-0.05, 0) is 28.1 Å². The van der Waals surface area contributed by atoms with E-state index >= 15 is 0 Å². The third-order valence-electron chi connectivity index (χ3n) is 2.07. The van der Waals surface area contributed by atoms with Gasteiger partial charge in [0.25, 0.3) is 0 Å². The van der Waals surface area contributed by atoms with Gasteiger partial charge in [0.05, 0.1) is 18.4 Å². The molecule has 0 aliphatic heterocycles. The zero-order valence-electron chi connectivity index (χ0n) is 8.64. The van der Waals surface area contributed by atoms with Crippen LogP contribution in [0.2, 0.25) is 0 Å². The number of halogens is 1. The standard InChI is InChI=1S/C11H12BrN3S/c12-10-3-1-2-4-11(10)16-6-5-15-8-9(13)7-14-15/h1-4,7-8H,5-6,13H2. The summed E-state index contributed by atoms with van der Waals surface area (Å²) in [5.41, 5.74) is 6.30. The van der Waals surface area contributed by atoms with Gasteiger partial charge in [0.15, 0.2) is 0 Å². The summed E-state index contributed by atoms with van der Waals surface area (Å²) in [5, 5.41) is 4.14. The van der Waals surface area contributed by atoms with Gasteiger partial charge in [0.2, 0.25) is 0 Å². The molecule has 0 fully saturated rings. The second-order valence-electron chi connectivity index (χ2n) is 3.32. The van der Waals surface area contributed by atoms with E-state index in [2.05, 4.69) is 27.1 Å². The molecule has 0 unspecified atom stereocenters. The van der Waals surface area contributed by atoms with Crippen LogP contribution in [0.4, 0.5) is 5.69 Å². The summed E-state index contributed by atoms with van der Waals surface area (Å²) in [4.78, 5) is 1.25. The first-order chi connectivity index (χ1) is 7.75. The average molecular weight is 298 g/mol. The van der Waals surface area contributed by atoms with E-state index in [1.54, 1.807) is 18.0 Å². The van der Waals surface area contributed by atoms with Crippen molar-refractivity contribution in [3.8, 4) is 0 Å². The smallest absolute Gasteiger partial charge is 0.0719 e. The second kappa shape index (κ2) is 5.41. The number of hydrogen-bond donors (Lipinski definition) is 1. The maximum atomic E-state index is 5.59. The number of aromatic nitrogens is 2. The fourth-order valence-corrected chi connectivity index (χ4v) is 2.82. The van der Waals surface area contributed by atoms with Crippen molar-refractivity contribution in [3.05, 3.63) is 41.1 Å². The first-order valence-electron chi connectivity index (χ1n) is 4.91. The topological polar surface area (TPSA) is 43.8 Å². The Hall–Kier alpha value is -0.940. The van der Waals surface area contributed by atoms with Crippen LogP contribution < -0.4 is 5.73 Å². The van der Waals surface area contributed by atoms with Crippen molar-refractivity contribution < 1.29 is 0 Å². The Kier molecular flexibility index (Phi) is 3.90. The van der Waals surface area contributed by atoms with Crippen LogP contribution in [0.3, 0.4) is 0 Å². The van der Waals surface area contributed by atoms with Crippen molar-refractivity contribution in [1.29, 1.82) is 0 Å². The van der Waals surface area contributed by atoms with Crippen LogP contribution in [0.5, 0.6) is 0 Å². The van der Waals surface area contributed by atoms with Crippen molar-refractivity contribution >= 4 is 33.4 Å². The van der Waals surface area contributed by atoms with Gasteiger partial charge in [-0.25, -0.2) is 0 Å². The molecule has 0 saturated heterocycles. The molecule has 2 rings (SSSR count). The van der Waals surface area contributed by atoms with E-state index in [-0.39, 0.29) is 0 Å². The molecule has 1 heterocycles. The minimum absolute atomic E-state index is 0.714. The van der Waals surface area contributed by atoms with E-state index in [9.17, 15) is 0 Å². The highest BCUT2D eigenvalue weighted by atomic mass is 79.9. The number of anilines is 1. The number of rotatable bonds is 4. The molecule has 2 aromatic rings. The minimum Gasteiger partial charge on any atom is -0.396 e. The maximum Gasteiger partial charge on any atom is 0.0719 e. The molecular weight excluding hydrogens is 286 g/mol. The molecule has 0 saturated carbocycles. The SMILES string of the molecule is Nc1cnn(CCSc2ccccc2Br)c1. The van der Waals surface area contributed by atoms with Gasteiger partial charge in [0, 0.05) is 21.3 Å². The summed E-state index contributed by atoms with van der Waals surface area (Å²) in [6.07, 6.45) is 3.52. The fraction of sp³-hybridized carbons (Fsp3) is 0.182. The molecular formula is C11H12BrN3S. The largest absolute Gasteiger partial charge is 0.396 e. The number of hydrogen-bond acceptors (Lipinski definition) is 3. The van der Waals surface area contributed by atoms with Gasteiger partial charge >= 0.3 is 0 Å². The molecule has 5 heteroatoms. The van der Waals surface area contributed by atoms with Crippen LogP contribution in [0, 0.1) is 0 Å². The summed E-state index contributed by atoms with van der Waals surface area (Å²) in [6.45, 7) is 0.864. The van der Waals surface area contributed by atoms with Crippen LogP contribution in [0.1, 0.15) is 0 Å².